The van der Waals surface area contributed by atoms with E-state index in [1.54, 1.807) is 7.05 Å². The number of rotatable bonds is 3. The van der Waals surface area contributed by atoms with Crippen LogP contribution in [0.25, 0.3) is 0 Å². The lowest BCUT2D eigenvalue weighted by Crippen LogP contribution is -2.33. The summed E-state index contributed by atoms with van der Waals surface area (Å²) in [5.74, 6) is 0.993. The maximum Gasteiger partial charge on any atom is 0.314 e. The fraction of sp³-hybridized carbons (Fsp3) is 0.417. The number of ether oxygens (including phenoxy) is 1. The minimum Gasteiger partial charge on any atom is -0.493 e. The number of primary amides is 1. The fourth-order valence-electron chi connectivity index (χ4n) is 1.80. The lowest BCUT2D eigenvalue weighted by Gasteiger charge is -2.13. The third kappa shape index (κ3) is 2.27. The second-order valence-corrected chi connectivity index (χ2v) is 4.05. The van der Waals surface area contributed by atoms with E-state index in [-0.39, 0.29) is 6.03 Å². The Bertz CT molecular complexity index is 404. The highest BCUT2D eigenvalue weighted by atomic mass is 16.5. The fourth-order valence-corrected chi connectivity index (χ4v) is 1.80. The largest absolute Gasteiger partial charge is 0.493 e. The summed E-state index contributed by atoms with van der Waals surface area (Å²) < 4.78 is 5.43. The monoisotopic (exact) mass is 220 g/mol. The van der Waals surface area contributed by atoms with Crippen LogP contribution in [0, 0.1) is 0 Å². The minimum atomic E-state index is -0.385. The number of carbonyl (C=O) groups is 1. The first-order chi connectivity index (χ1) is 7.66. The van der Waals surface area contributed by atoms with Crippen molar-refractivity contribution in [2.75, 3.05) is 20.2 Å². The van der Waals surface area contributed by atoms with Crippen molar-refractivity contribution >= 4 is 6.03 Å². The Balaban J connectivity index is 1.98. The van der Waals surface area contributed by atoms with Gasteiger partial charge in [-0.15, -0.1) is 0 Å². The van der Waals surface area contributed by atoms with Crippen molar-refractivity contribution in [3.63, 3.8) is 0 Å². The van der Waals surface area contributed by atoms with Gasteiger partial charge in [0.05, 0.1) is 6.61 Å². The van der Waals surface area contributed by atoms with Gasteiger partial charge in [0.2, 0.25) is 0 Å². The summed E-state index contributed by atoms with van der Waals surface area (Å²) in [7, 11) is 1.71. The second-order valence-electron chi connectivity index (χ2n) is 4.05. The van der Waals surface area contributed by atoms with Crippen LogP contribution >= 0.6 is 0 Å². The smallest absolute Gasteiger partial charge is 0.314 e. The standard InChI is InChI=1S/C12H16N2O2/c1-14(12(13)15)6-4-9-2-3-11-10(8-9)5-7-16-11/h2-3,8H,4-7H2,1H3,(H2,13,15). The van der Waals surface area contributed by atoms with Crippen molar-refractivity contribution in [2.45, 2.75) is 12.8 Å². The Kier molecular flexibility index (Phi) is 2.99. The molecule has 0 unspecified atom stereocenters. The molecular formula is C12H16N2O2. The molecule has 0 saturated carbocycles. The SMILES string of the molecule is CN(CCc1ccc2c(c1)CCO2)C(N)=O. The van der Waals surface area contributed by atoms with Gasteiger partial charge in [0.1, 0.15) is 5.75 Å². The van der Waals surface area contributed by atoms with Gasteiger partial charge in [-0.1, -0.05) is 12.1 Å². The van der Waals surface area contributed by atoms with Gasteiger partial charge >= 0.3 is 6.03 Å². The Morgan fingerprint density at radius 3 is 3.12 bits per heavy atom. The maximum atomic E-state index is 10.8. The van der Waals surface area contributed by atoms with E-state index in [0.29, 0.717) is 6.54 Å². The Morgan fingerprint density at radius 2 is 2.38 bits per heavy atom. The number of likely N-dealkylation sites (N-methyl/N-ethyl adjacent to an activating group) is 1. The van der Waals surface area contributed by atoms with E-state index >= 15 is 0 Å². The molecule has 0 atom stereocenters. The lowest BCUT2D eigenvalue weighted by molar-refractivity contribution is 0.219. The molecular weight excluding hydrogens is 204 g/mol. The predicted molar refractivity (Wildman–Crippen MR) is 61.6 cm³/mol. The van der Waals surface area contributed by atoms with Gasteiger partial charge in [-0.05, 0) is 23.6 Å². The molecule has 16 heavy (non-hydrogen) atoms. The minimum absolute atomic E-state index is 0.385. The predicted octanol–water partition coefficient (Wildman–Crippen LogP) is 1.17. The zero-order chi connectivity index (χ0) is 11.5. The first kappa shape index (κ1) is 10.8. The maximum absolute atomic E-state index is 10.8. The molecule has 1 aromatic carbocycles. The van der Waals surface area contributed by atoms with Gasteiger partial charge in [0.15, 0.2) is 0 Å². The molecule has 2 N–H and O–H groups in total. The summed E-state index contributed by atoms with van der Waals surface area (Å²) in [5.41, 5.74) is 7.64. The number of nitrogens with two attached hydrogens (primary N) is 1. The van der Waals surface area contributed by atoms with Gasteiger partial charge in [-0.3, -0.25) is 0 Å². The van der Waals surface area contributed by atoms with E-state index in [2.05, 4.69) is 6.07 Å². The quantitative estimate of drug-likeness (QED) is 0.831. The van der Waals surface area contributed by atoms with Crippen molar-refractivity contribution in [3.05, 3.63) is 29.3 Å². The second kappa shape index (κ2) is 4.43. The summed E-state index contributed by atoms with van der Waals surface area (Å²) in [6.07, 6.45) is 1.81. The number of nitrogens with zero attached hydrogens (tertiary/aromatic N) is 1. The van der Waals surface area contributed by atoms with Crippen LogP contribution in [0.3, 0.4) is 0 Å². The van der Waals surface area contributed by atoms with Gasteiger partial charge in [-0.25, -0.2) is 4.79 Å². The van der Waals surface area contributed by atoms with Gasteiger partial charge in [-0.2, -0.15) is 0 Å². The van der Waals surface area contributed by atoms with Crippen LogP contribution in [0.2, 0.25) is 0 Å². The highest BCUT2D eigenvalue weighted by molar-refractivity contribution is 5.71. The van der Waals surface area contributed by atoms with Crippen LogP contribution in [-0.4, -0.2) is 31.1 Å². The van der Waals surface area contributed by atoms with Crippen molar-refractivity contribution in [1.29, 1.82) is 0 Å². The lowest BCUT2D eigenvalue weighted by atomic mass is 10.1. The molecule has 0 spiro atoms. The average Bonchev–Trinajstić information content (AvgIpc) is 2.72. The number of urea groups is 1. The van der Waals surface area contributed by atoms with Crippen molar-refractivity contribution < 1.29 is 9.53 Å². The molecule has 0 aromatic heterocycles. The molecule has 0 aliphatic carbocycles. The molecule has 0 radical (unpaired) electrons. The Morgan fingerprint density at radius 1 is 1.56 bits per heavy atom. The number of fused-ring (bicyclic) bond motifs is 1. The molecule has 0 saturated heterocycles. The van der Waals surface area contributed by atoms with Crippen LogP contribution < -0.4 is 10.5 Å². The van der Waals surface area contributed by atoms with Gasteiger partial charge in [0.25, 0.3) is 0 Å². The number of benzene rings is 1. The molecule has 86 valence electrons. The number of carbonyl (C=O) groups excluding carboxylic acids is 1. The van der Waals surface area contributed by atoms with E-state index in [4.69, 9.17) is 10.5 Å². The highest BCUT2D eigenvalue weighted by Crippen LogP contribution is 2.25. The normalized spacial score (nSPS) is 13.1. The first-order valence-electron chi connectivity index (χ1n) is 5.42. The number of hydrogen-bond acceptors (Lipinski definition) is 2. The molecule has 1 aliphatic rings. The first-order valence-corrected chi connectivity index (χ1v) is 5.42. The van der Waals surface area contributed by atoms with Gasteiger partial charge < -0.3 is 15.4 Å². The van der Waals surface area contributed by atoms with Crippen molar-refractivity contribution in [1.82, 2.24) is 4.90 Å². The molecule has 2 rings (SSSR count). The van der Waals surface area contributed by atoms with Gasteiger partial charge in [0, 0.05) is 20.0 Å². The summed E-state index contributed by atoms with van der Waals surface area (Å²) in [4.78, 5) is 12.4. The third-order valence-electron chi connectivity index (χ3n) is 2.87. The Labute approximate surface area is 95.0 Å². The summed E-state index contributed by atoms with van der Waals surface area (Å²) >= 11 is 0. The number of hydrogen-bond donors (Lipinski definition) is 1. The van der Waals surface area contributed by atoms with Crippen molar-refractivity contribution in [2.24, 2.45) is 5.73 Å². The van der Waals surface area contributed by atoms with Crippen LogP contribution in [0.1, 0.15) is 11.1 Å². The van der Waals surface area contributed by atoms with Crippen LogP contribution in [0.15, 0.2) is 18.2 Å². The molecule has 0 fully saturated rings. The topological polar surface area (TPSA) is 55.6 Å². The summed E-state index contributed by atoms with van der Waals surface area (Å²) in [5, 5.41) is 0. The van der Waals surface area contributed by atoms with Crippen LogP contribution in [0.4, 0.5) is 4.79 Å². The Hall–Kier alpha value is -1.71. The molecule has 2 amide bonds. The van der Waals surface area contributed by atoms with Crippen LogP contribution in [-0.2, 0) is 12.8 Å². The molecule has 1 aromatic rings. The molecule has 4 heteroatoms. The van der Waals surface area contributed by atoms with Crippen molar-refractivity contribution in [3.8, 4) is 5.75 Å². The summed E-state index contributed by atoms with van der Waals surface area (Å²) in [6, 6.07) is 5.81. The van der Waals surface area contributed by atoms with E-state index in [1.165, 1.54) is 16.0 Å². The highest BCUT2D eigenvalue weighted by Gasteiger charge is 2.12. The van der Waals surface area contributed by atoms with Crippen LogP contribution in [0.5, 0.6) is 5.75 Å². The molecule has 4 nitrogen and oxygen atoms in total. The zero-order valence-corrected chi connectivity index (χ0v) is 9.40. The average molecular weight is 220 g/mol. The zero-order valence-electron chi connectivity index (χ0n) is 9.40. The van der Waals surface area contributed by atoms with E-state index < -0.39 is 0 Å². The van der Waals surface area contributed by atoms with E-state index in [9.17, 15) is 4.79 Å². The number of amides is 2. The molecule has 1 aliphatic heterocycles. The third-order valence-corrected chi connectivity index (χ3v) is 2.87. The molecule has 1 heterocycles. The molecule has 0 bridgehead atoms. The summed E-state index contributed by atoms with van der Waals surface area (Å²) in [6.45, 7) is 1.43. The van der Waals surface area contributed by atoms with E-state index in [1.807, 2.05) is 12.1 Å². The van der Waals surface area contributed by atoms with E-state index in [0.717, 1.165) is 25.2 Å².